The van der Waals surface area contributed by atoms with E-state index in [1.807, 2.05) is 0 Å². The van der Waals surface area contributed by atoms with Crippen LogP contribution in [0.3, 0.4) is 0 Å². The minimum atomic E-state index is -4.33. The van der Waals surface area contributed by atoms with Gasteiger partial charge in [0.1, 0.15) is 0 Å². The number of benzene rings is 2. The van der Waals surface area contributed by atoms with Crippen LogP contribution in [0.2, 0.25) is 0 Å². The molecule has 0 N–H and O–H groups in total. The molecule has 0 radical (unpaired) electrons. The zero-order valence-electron chi connectivity index (χ0n) is 11.0. The quantitative estimate of drug-likeness (QED) is 0.768. The van der Waals surface area contributed by atoms with Crippen molar-refractivity contribution >= 4 is 10.1 Å². The molecule has 0 aliphatic rings. The number of hydrogen-bond donors (Lipinski definition) is 0. The van der Waals surface area contributed by atoms with E-state index in [9.17, 15) is 17.2 Å². The molecule has 3 nitrogen and oxygen atoms in total. The molecule has 0 spiro atoms. The Morgan fingerprint density at radius 2 is 1.29 bits per heavy atom. The van der Waals surface area contributed by atoms with Crippen molar-refractivity contribution in [1.29, 1.82) is 0 Å². The zero-order valence-corrected chi connectivity index (χ0v) is 11.8. The number of hydrogen-bond acceptors (Lipinski definition) is 3. The van der Waals surface area contributed by atoms with Gasteiger partial charge in [-0.15, -0.1) is 0 Å². The summed E-state index contributed by atoms with van der Waals surface area (Å²) in [5, 5.41) is 0. The molecule has 0 amide bonds. The molecule has 0 fully saturated rings. The van der Waals surface area contributed by atoms with Crippen molar-refractivity contribution < 1.29 is 21.4 Å². The standard InChI is InChI=1S/C15H14F2O3S/c16-15(17)20-21(18,19)11-14(12-7-3-1-4-8-12)13-9-5-2-6-10-13/h1-10,14-15H,11H2. The number of rotatable bonds is 6. The van der Waals surface area contributed by atoms with Crippen LogP contribution in [0.5, 0.6) is 0 Å². The summed E-state index contributed by atoms with van der Waals surface area (Å²) < 4.78 is 51.5. The minimum absolute atomic E-state index is 0.536. The maximum Gasteiger partial charge on any atom is 0.358 e. The highest BCUT2D eigenvalue weighted by molar-refractivity contribution is 7.86. The number of alkyl halides is 2. The van der Waals surface area contributed by atoms with E-state index in [4.69, 9.17) is 0 Å². The van der Waals surface area contributed by atoms with Crippen molar-refractivity contribution in [3.8, 4) is 0 Å². The molecule has 2 aromatic rings. The maximum absolute atomic E-state index is 12.2. The highest BCUT2D eigenvalue weighted by Gasteiger charge is 2.25. The Labute approximate surface area is 122 Å². The van der Waals surface area contributed by atoms with Crippen LogP contribution in [0.1, 0.15) is 17.0 Å². The van der Waals surface area contributed by atoms with Crippen molar-refractivity contribution in [3.63, 3.8) is 0 Å². The molecule has 21 heavy (non-hydrogen) atoms. The van der Waals surface area contributed by atoms with Crippen molar-refractivity contribution in [1.82, 2.24) is 0 Å². The summed E-state index contributed by atoms with van der Waals surface area (Å²) in [6.07, 6.45) is 0. The molecular weight excluding hydrogens is 298 g/mol. The fraction of sp³-hybridized carbons (Fsp3) is 0.200. The zero-order chi connectivity index (χ0) is 15.3. The van der Waals surface area contributed by atoms with Crippen LogP contribution in [-0.2, 0) is 14.3 Å². The molecule has 2 aromatic carbocycles. The van der Waals surface area contributed by atoms with Crippen LogP contribution in [-0.4, -0.2) is 20.8 Å². The summed E-state index contributed by atoms with van der Waals surface area (Å²) >= 11 is 0. The summed E-state index contributed by atoms with van der Waals surface area (Å²) in [6, 6.07) is 17.7. The molecule has 6 heteroatoms. The highest BCUT2D eigenvalue weighted by atomic mass is 32.2. The monoisotopic (exact) mass is 312 g/mol. The van der Waals surface area contributed by atoms with E-state index in [0.717, 1.165) is 11.1 Å². The molecule has 112 valence electrons. The lowest BCUT2D eigenvalue weighted by atomic mass is 9.93. The van der Waals surface area contributed by atoms with Gasteiger partial charge in [0.15, 0.2) is 0 Å². The molecule has 0 aliphatic heterocycles. The lowest BCUT2D eigenvalue weighted by Gasteiger charge is -2.17. The molecule has 0 heterocycles. The first-order valence-corrected chi connectivity index (χ1v) is 7.85. The molecule has 0 unspecified atom stereocenters. The Morgan fingerprint density at radius 1 is 0.857 bits per heavy atom. The van der Waals surface area contributed by atoms with E-state index in [-0.39, 0.29) is 0 Å². The van der Waals surface area contributed by atoms with Crippen LogP contribution < -0.4 is 0 Å². The first-order chi connectivity index (χ1) is 9.98. The van der Waals surface area contributed by atoms with E-state index in [0.29, 0.717) is 0 Å². The molecule has 0 atom stereocenters. The van der Waals surface area contributed by atoms with E-state index in [2.05, 4.69) is 4.18 Å². The first kappa shape index (κ1) is 15.6. The van der Waals surface area contributed by atoms with Gasteiger partial charge in [-0.1, -0.05) is 60.7 Å². The highest BCUT2D eigenvalue weighted by Crippen LogP contribution is 2.27. The van der Waals surface area contributed by atoms with Gasteiger partial charge in [0.2, 0.25) is 0 Å². The second kappa shape index (κ2) is 6.78. The van der Waals surface area contributed by atoms with E-state index in [1.54, 1.807) is 60.7 Å². The van der Waals surface area contributed by atoms with Gasteiger partial charge in [-0.2, -0.15) is 17.2 Å². The van der Waals surface area contributed by atoms with Crippen LogP contribution in [0.25, 0.3) is 0 Å². The minimum Gasteiger partial charge on any atom is -0.203 e. The molecule has 0 saturated heterocycles. The van der Waals surface area contributed by atoms with Crippen molar-refractivity contribution in [3.05, 3.63) is 71.8 Å². The van der Waals surface area contributed by atoms with Gasteiger partial charge in [0.25, 0.3) is 10.1 Å². The van der Waals surface area contributed by atoms with Crippen molar-refractivity contribution in [2.45, 2.75) is 12.5 Å². The van der Waals surface area contributed by atoms with Gasteiger partial charge in [-0.3, -0.25) is 0 Å². The van der Waals surface area contributed by atoms with Gasteiger partial charge in [0.05, 0.1) is 5.75 Å². The van der Waals surface area contributed by atoms with Gasteiger partial charge < -0.3 is 0 Å². The summed E-state index contributed by atoms with van der Waals surface area (Å²) in [7, 11) is -4.33. The third-order valence-corrected chi connectivity index (χ3v) is 4.17. The third kappa shape index (κ3) is 4.61. The van der Waals surface area contributed by atoms with E-state index < -0.39 is 28.4 Å². The van der Waals surface area contributed by atoms with Gasteiger partial charge in [-0.05, 0) is 11.1 Å². The van der Waals surface area contributed by atoms with Crippen LogP contribution in [0.4, 0.5) is 8.78 Å². The van der Waals surface area contributed by atoms with E-state index in [1.165, 1.54) is 0 Å². The molecule has 2 rings (SSSR count). The topological polar surface area (TPSA) is 43.4 Å². The van der Waals surface area contributed by atoms with Crippen LogP contribution in [0.15, 0.2) is 60.7 Å². The Hall–Kier alpha value is -1.79. The molecular formula is C15H14F2O3S. The summed E-state index contributed by atoms with van der Waals surface area (Å²) in [5.74, 6) is -1.10. The summed E-state index contributed by atoms with van der Waals surface area (Å²) in [5.41, 5.74) is 1.45. The molecule has 0 aromatic heterocycles. The van der Waals surface area contributed by atoms with Crippen molar-refractivity contribution in [2.24, 2.45) is 0 Å². The fourth-order valence-electron chi connectivity index (χ4n) is 2.11. The SMILES string of the molecule is O=S(=O)(CC(c1ccccc1)c1ccccc1)OC(F)F. The Morgan fingerprint density at radius 3 is 1.67 bits per heavy atom. The largest absolute Gasteiger partial charge is 0.358 e. The van der Waals surface area contributed by atoms with Gasteiger partial charge in [0, 0.05) is 5.92 Å². The Balaban J connectivity index is 2.34. The maximum atomic E-state index is 12.2. The van der Waals surface area contributed by atoms with E-state index >= 15 is 0 Å². The average molecular weight is 312 g/mol. The summed E-state index contributed by atoms with van der Waals surface area (Å²) in [6.45, 7) is -3.35. The van der Waals surface area contributed by atoms with Gasteiger partial charge in [-0.25, -0.2) is 4.18 Å². The van der Waals surface area contributed by atoms with Crippen LogP contribution in [0, 0.1) is 0 Å². The number of halogens is 2. The van der Waals surface area contributed by atoms with Crippen LogP contribution >= 0.6 is 0 Å². The lowest BCUT2D eigenvalue weighted by Crippen LogP contribution is -2.20. The fourth-order valence-corrected chi connectivity index (χ4v) is 3.20. The predicted molar refractivity (Wildman–Crippen MR) is 75.6 cm³/mol. The Bertz CT molecular complexity index is 618. The van der Waals surface area contributed by atoms with Gasteiger partial charge >= 0.3 is 6.61 Å². The average Bonchev–Trinajstić information content (AvgIpc) is 2.45. The molecule has 0 aliphatic carbocycles. The normalized spacial score (nSPS) is 12.0. The molecule has 0 bridgehead atoms. The smallest absolute Gasteiger partial charge is 0.203 e. The van der Waals surface area contributed by atoms with Crippen molar-refractivity contribution in [2.75, 3.05) is 5.75 Å². The summed E-state index contributed by atoms with van der Waals surface area (Å²) in [4.78, 5) is 0. The molecule has 0 saturated carbocycles. The second-order valence-corrected chi connectivity index (χ2v) is 6.10. The lowest BCUT2D eigenvalue weighted by molar-refractivity contribution is -0.0445. The first-order valence-electron chi connectivity index (χ1n) is 6.27. The second-order valence-electron chi connectivity index (χ2n) is 4.46. The third-order valence-electron chi connectivity index (χ3n) is 2.99. The Kier molecular flexibility index (Phi) is 5.03. The predicted octanol–water partition coefficient (Wildman–Crippen LogP) is 3.39.